The molecule has 1 aromatic heterocycles. The van der Waals surface area contributed by atoms with Gasteiger partial charge in [-0.25, -0.2) is 4.79 Å². The number of hydrogen-bond donors (Lipinski definition) is 0. The molecule has 13 heteroatoms. The lowest BCUT2D eigenvalue weighted by molar-refractivity contribution is -0.156. The number of alkyl halides is 3. The number of ether oxygens (including phenoxy) is 2. The van der Waals surface area contributed by atoms with Crippen LogP contribution in [-0.4, -0.2) is 56.7 Å². The minimum atomic E-state index is -4.73. The highest BCUT2D eigenvalue weighted by Gasteiger charge is 2.38. The molecule has 212 valence electrons. The smallest absolute Gasteiger partial charge is 0.454 e. The van der Waals surface area contributed by atoms with E-state index in [1.165, 1.54) is 0 Å². The molecule has 4 aromatic rings. The predicted octanol–water partition coefficient (Wildman–Crippen LogP) is 5.34. The molecule has 3 heterocycles. The minimum Gasteiger partial charge on any atom is -0.454 e. The van der Waals surface area contributed by atoms with Crippen molar-refractivity contribution in [2.75, 3.05) is 36.3 Å². The van der Waals surface area contributed by atoms with E-state index in [0.717, 1.165) is 16.7 Å². The third kappa shape index (κ3) is 5.75. The molecule has 41 heavy (non-hydrogen) atoms. The van der Waals surface area contributed by atoms with Crippen molar-refractivity contribution < 1.29 is 36.1 Å². The van der Waals surface area contributed by atoms with E-state index < -0.39 is 22.9 Å². The Labute approximate surface area is 234 Å². The molecule has 0 N–H and O–H groups in total. The van der Waals surface area contributed by atoms with Crippen molar-refractivity contribution >= 4 is 22.5 Å². The molecule has 0 bridgehead atoms. The first kappa shape index (κ1) is 26.8. The number of urea groups is 1. The normalized spacial score (nSPS) is 15.2. The van der Waals surface area contributed by atoms with Crippen molar-refractivity contribution in [2.24, 2.45) is 0 Å². The van der Waals surface area contributed by atoms with Crippen LogP contribution in [0, 0.1) is 0 Å². The summed E-state index contributed by atoms with van der Waals surface area (Å²) in [7, 11) is -0.944. The number of fused-ring (bicyclic) bond motifs is 1. The number of amides is 2. The van der Waals surface area contributed by atoms with E-state index in [9.17, 15) is 22.2 Å². The standard InChI is InChI=1S/C28H23F3N4O5S/c29-28(30,31)26-33-32-25(40-26)20-3-1-18(2-4-20)16-35(27(36)34-11-13-41(37)14-12-34)22-8-5-19(6-9-22)21-7-10-23-24(15-21)39-17-38-23/h1-10,15H,11-14,16-17H2. The number of carbonyl (C=O) groups is 1. The lowest BCUT2D eigenvalue weighted by Gasteiger charge is -2.33. The number of rotatable bonds is 5. The van der Waals surface area contributed by atoms with Crippen LogP contribution in [0.5, 0.6) is 11.5 Å². The predicted molar refractivity (Wildman–Crippen MR) is 144 cm³/mol. The minimum absolute atomic E-state index is 0.184. The molecular formula is C28H23F3N4O5S. The van der Waals surface area contributed by atoms with E-state index >= 15 is 0 Å². The molecule has 1 saturated heterocycles. The summed E-state index contributed by atoms with van der Waals surface area (Å²) in [6.07, 6.45) is -4.73. The Bertz CT molecular complexity index is 1580. The molecule has 1 fully saturated rings. The topological polar surface area (TPSA) is 98.0 Å². The van der Waals surface area contributed by atoms with Gasteiger partial charge in [-0.1, -0.05) is 30.3 Å². The zero-order chi connectivity index (χ0) is 28.6. The van der Waals surface area contributed by atoms with Gasteiger partial charge in [-0.05, 0) is 53.1 Å². The van der Waals surface area contributed by atoms with Crippen molar-refractivity contribution in [2.45, 2.75) is 12.7 Å². The fraction of sp³-hybridized carbons (Fsp3) is 0.250. The van der Waals surface area contributed by atoms with Gasteiger partial charge in [0.25, 0.3) is 0 Å². The van der Waals surface area contributed by atoms with E-state index in [1.54, 1.807) is 34.1 Å². The lowest BCUT2D eigenvalue weighted by Crippen LogP contribution is -2.48. The van der Waals surface area contributed by atoms with Crippen LogP contribution in [0.15, 0.2) is 71.1 Å². The fourth-order valence-electron chi connectivity index (χ4n) is 4.57. The first-order chi connectivity index (χ1) is 19.7. The summed E-state index contributed by atoms with van der Waals surface area (Å²) in [6.45, 7) is 1.15. The number of carbonyl (C=O) groups excluding carboxylic acids is 1. The number of nitrogens with zero attached hydrogens (tertiary/aromatic N) is 4. The Kier molecular flexibility index (Phi) is 7.12. The van der Waals surface area contributed by atoms with E-state index in [4.69, 9.17) is 13.9 Å². The maximum Gasteiger partial charge on any atom is 0.470 e. The molecule has 0 spiro atoms. The van der Waals surface area contributed by atoms with Crippen LogP contribution >= 0.6 is 0 Å². The van der Waals surface area contributed by atoms with Crippen LogP contribution in [0.3, 0.4) is 0 Å². The summed E-state index contributed by atoms with van der Waals surface area (Å²) in [5, 5.41) is 6.56. The van der Waals surface area contributed by atoms with Crippen LogP contribution < -0.4 is 14.4 Å². The van der Waals surface area contributed by atoms with Gasteiger partial charge in [-0.2, -0.15) is 13.2 Å². The maximum atomic E-state index is 13.7. The van der Waals surface area contributed by atoms with Gasteiger partial charge < -0.3 is 18.8 Å². The first-order valence-corrected chi connectivity index (χ1v) is 14.1. The van der Waals surface area contributed by atoms with Gasteiger partial charge in [-0.3, -0.25) is 9.11 Å². The average Bonchev–Trinajstić information content (AvgIpc) is 3.67. The highest BCUT2D eigenvalue weighted by Crippen LogP contribution is 2.36. The summed E-state index contributed by atoms with van der Waals surface area (Å²) in [4.78, 5) is 17.0. The molecule has 0 unspecified atom stereocenters. The van der Waals surface area contributed by atoms with E-state index in [-0.39, 0.29) is 25.3 Å². The van der Waals surface area contributed by atoms with Crippen molar-refractivity contribution in [1.82, 2.24) is 15.1 Å². The summed E-state index contributed by atoms with van der Waals surface area (Å²) < 4.78 is 66.0. The molecule has 3 aromatic carbocycles. The number of aromatic nitrogens is 2. The van der Waals surface area contributed by atoms with E-state index in [2.05, 4.69) is 10.2 Å². The quantitative estimate of drug-likeness (QED) is 0.312. The van der Waals surface area contributed by atoms with Crippen LogP contribution in [-0.2, 0) is 23.5 Å². The third-order valence-electron chi connectivity index (χ3n) is 6.77. The molecule has 2 amide bonds. The summed E-state index contributed by atoms with van der Waals surface area (Å²) >= 11 is 0. The highest BCUT2D eigenvalue weighted by molar-refractivity contribution is 7.85. The molecule has 9 nitrogen and oxygen atoms in total. The van der Waals surface area contributed by atoms with Gasteiger partial charge in [0.15, 0.2) is 11.5 Å². The zero-order valence-electron chi connectivity index (χ0n) is 21.5. The van der Waals surface area contributed by atoms with Crippen molar-refractivity contribution in [3.8, 4) is 34.1 Å². The number of benzene rings is 3. The molecule has 0 radical (unpaired) electrons. The molecule has 0 atom stereocenters. The Morgan fingerprint density at radius 1 is 0.878 bits per heavy atom. The highest BCUT2D eigenvalue weighted by atomic mass is 32.2. The van der Waals surface area contributed by atoms with Gasteiger partial charge in [0.1, 0.15) is 0 Å². The van der Waals surface area contributed by atoms with Gasteiger partial charge in [-0.15, -0.1) is 10.2 Å². The van der Waals surface area contributed by atoms with Crippen LogP contribution in [0.25, 0.3) is 22.6 Å². The van der Waals surface area contributed by atoms with Crippen LogP contribution in [0.1, 0.15) is 11.5 Å². The Balaban J connectivity index is 1.25. The van der Waals surface area contributed by atoms with E-state index in [0.29, 0.717) is 47.3 Å². The number of anilines is 1. The lowest BCUT2D eigenvalue weighted by atomic mass is 10.0. The van der Waals surface area contributed by atoms with E-state index in [1.807, 2.05) is 42.5 Å². The second kappa shape index (κ2) is 10.9. The second-order valence-corrected chi connectivity index (χ2v) is 11.1. The van der Waals surface area contributed by atoms with Crippen LogP contribution in [0.4, 0.5) is 23.7 Å². The molecular weight excluding hydrogens is 561 g/mol. The monoisotopic (exact) mass is 584 g/mol. The first-order valence-electron chi connectivity index (χ1n) is 12.7. The maximum absolute atomic E-state index is 13.7. The summed E-state index contributed by atoms with van der Waals surface area (Å²) in [5.41, 5.74) is 3.57. The molecule has 6 rings (SSSR count). The molecule has 0 aliphatic carbocycles. The van der Waals surface area contributed by atoms with Crippen molar-refractivity contribution in [3.05, 3.63) is 78.2 Å². The Morgan fingerprint density at radius 2 is 1.54 bits per heavy atom. The Hall–Kier alpha value is -4.39. The molecule has 2 aliphatic heterocycles. The van der Waals surface area contributed by atoms with Crippen molar-refractivity contribution in [1.29, 1.82) is 0 Å². The number of halogens is 3. The number of hydrogen-bond acceptors (Lipinski definition) is 7. The summed E-state index contributed by atoms with van der Waals surface area (Å²) in [6, 6.07) is 19.5. The average molecular weight is 585 g/mol. The fourth-order valence-corrected chi connectivity index (χ4v) is 5.62. The second-order valence-electron chi connectivity index (χ2n) is 9.43. The third-order valence-corrected chi connectivity index (χ3v) is 8.05. The zero-order valence-corrected chi connectivity index (χ0v) is 22.3. The summed E-state index contributed by atoms with van der Waals surface area (Å²) in [5.74, 6) is 0.528. The van der Waals surface area contributed by atoms with Gasteiger partial charge in [0.05, 0.1) is 6.54 Å². The SMILES string of the molecule is O=C(N1CCS(=O)CC1)N(Cc1ccc(-c2nnc(C(F)(F)F)o2)cc1)c1ccc(-c2ccc3c(c2)OCO3)cc1. The van der Waals surface area contributed by atoms with Crippen LogP contribution in [0.2, 0.25) is 0 Å². The van der Waals surface area contributed by atoms with Gasteiger partial charge in [0.2, 0.25) is 12.7 Å². The molecule has 0 saturated carbocycles. The Morgan fingerprint density at radius 3 is 2.22 bits per heavy atom. The molecule has 2 aliphatic rings. The van der Waals surface area contributed by atoms with Gasteiger partial charge in [0, 0.05) is 46.6 Å². The largest absolute Gasteiger partial charge is 0.470 e. The van der Waals surface area contributed by atoms with Gasteiger partial charge >= 0.3 is 18.1 Å². The van der Waals surface area contributed by atoms with Crippen molar-refractivity contribution in [3.63, 3.8) is 0 Å².